The van der Waals surface area contributed by atoms with Crippen LogP contribution in [0.2, 0.25) is 0 Å². The zero-order valence-electron chi connectivity index (χ0n) is 11.0. The molecule has 3 rings (SSSR count). The molecule has 0 amide bonds. The van der Waals surface area contributed by atoms with E-state index in [0.29, 0.717) is 6.54 Å². The van der Waals surface area contributed by atoms with Crippen molar-refractivity contribution in [2.75, 3.05) is 0 Å². The minimum Gasteiger partial charge on any atom is -0.388 e. The molecule has 1 aromatic heterocycles. The Morgan fingerprint density at radius 1 is 1.40 bits per heavy atom. The lowest BCUT2D eigenvalue weighted by molar-refractivity contribution is -0.384. The number of benzene rings is 1. The van der Waals surface area contributed by atoms with Gasteiger partial charge in [0, 0.05) is 36.6 Å². The van der Waals surface area contributed by atoms with Crippen LogP contribution in [0.3, 0.4) is 0 Å². The van der Waals surface area contributed by atoms with Gasteiger partial charge in [0.05, 0.1) is 11.0 Å². The lowest BCUT2D eigenvalue weighted by atomic mass is 9.93. The standard InChI is InChI=1S/C15H16N2O3/c18-15-6-2-4-12-9-16(10-14(12)15)8-11-3-1-5-13(7-11)17(19)20/h1,3,5,7,9-10,15,18H,2,4,6,8H2. The Hall–Kier alpha value is -2.14. The van der Waals surface area contributed by atoms with Crippen molar-refractivity contribution in [1.29, 1.82) is 0 Å². The molecule has 104 valence electrons. The van der Waals surface area contributed by atoms with Crippen molar-refractivity contribution in [2.45, 2.75) is 31.9 Å². The Morgan fingerprint density at radius 3 is 3.00 bits per heavy atom. The second kappa shape index (κ2) is 5.09. The van der Waals surface area contributed by atoms with Crippen LogP contribution in [0.15, 0.2) is 36.7 Å². The van der Waals surface area contributed by atoms with Crippen LogP contribution in [-0.4, -0.2) is 14.6 Å². The fourth-order valence-electron chi connectivity index (χ4n) is 2.79. The van der Waals surface area contributed by atoms with Crippen LogP contribution in [0.1, 0.15) is 35.6 Å². The maximum Gasteiger partial charge on any atom is 0.269 e. The SMILES string of the molecule is O=[N+]([O-])c1cccc(Cn2cc3c(c2)C(O)CCC3)c1. The number of hydrogen-bond acceptors (Lipinski definition) is 3. The van der Waals surface area contributed by atoms with E-state index in [2.05, 4.69) is 0 Å². The number of nitrogens with zero attached hydrogens (tertiary/aromatic N) is 2. The quantitative estimate of drug-likeness (QED) is 0.690. The normalized spacial score (nSPS) is 17.8. The second-order valence-electron chi connectivity index (χ2n) is 5.25. The Bertz CT molecular complexity index is 648. The van der Waals surface area contributed by atoms with E-state index >= 15 is 0 Å². The molecule has 0 saturated heterocycles. The molecule has 20 heavy (non-hydrogen) atoms. The Morgan fingerprint density at radius 2 is 2.25 bits per heavy atom. The number of non-ortho nitro benzene ring substituents is 1. The molecule has 0 bridgehead atoms. The minimum atomic E-state index is -0.381. The zero-order chi connectivity index (χ0) is 14.1. The smallest absolute Gasteiger partial charge is 0.269 e. The molecular weight excluding hydrogens is 256 g/mol. The predicted molar refractivity (Wildman–Crippen MR) is 74.5 cm³/mol. The number of hydrogen-bond donors (Lipinski definition) is 1. The summed E-state index contributed by atoms with van der Waals surface area (Å²) in [5.41, 5.74) is 3.19. The molecule has 0 aliphatic heterocycles. The van der Waals surface area contributed by atoms with Gasteiger partial charge in [0.25, 0.3) is 5.69 Å². The van der Waals surface area contributed by atoms with Gasteiger partial charge in [-0.2, -0.15) is 0 Å². The van der Waals surface area contributed by atoms with Crippen molar-refractivity contribution in [3.05, 3.63) is 63.5 Å². The fraction of sp³-hybridized carbons (Fsp3) is 0.333. The second-order valence-corrected chi connectivity index (χ2v) is 5.25. The number of aromatic nitrogens is 1. The van der Waals surface area contributed by atoms with Crippen LogP contribution in [0.4, 0.5) is 5.69 Å². The third kappa shape index (κ3) is 2.44. The predicted octanol–water partition coefficient (Wildman–Crippen LogP) is 2.81. The van der Waals surface area contributed by atoms with Crippen molar-refractivity contribution < 1.29 is 10.0 Å². The van der Waals surface area contributed by atoms with Gasteiger partial charge in [-0.1, -0.05) is 12.1 Å². The van der Waals surface area contributed by atoms with Crippen LogP contribution in [0.25, 0.3) is 0 Å². The molecule has 5 nitrogen and oxygen atoms in total. The van der Waals surface area contributed by atoms with Gasteiger partial charge in [-0.15, -0.1) is 0 Å². The molecule has 1 unspecified atom stereocenters. The first-order valence-electron chi connectivity index (χ1n) is 6.73. The summed E-state index contributed by atoms with van der Waals surface area (Å²) in [5, 5.41) is 20.7. The monoisotopic (exact) mass is 272 g/mol. The third-order valence-electron chi connectivity index (χ3n) is 3.77. The van der Waals surface area contributed by atoms with E-state index in [0.717, 1.165) is 30.4 Å². The van der Waals surface area contributed by atoms with Crippen LogP contribution in [0.5, 0.6) is 0 Å². The summed E-state index contributed by atoms with van der Waals surface area (Å²) >= 11 is 0. The molecule has 1 aromatic carbocycles. The van der Waals surface area contributed by atoms with Gasteiger partial charge in [-0.25, -0.2) is 0 Å². The molecule has 1 heterocycles. The molecule has 2 aromatic rings. The first kappa shape index (κ1) is 12.9. The molecule has 0 fully saturated rings. The Kier molecular flexibility index (Phi) is 3.28. The fourth-order valence-corrected chi connectivity index (χ4v) is 2.79. The van der Waals surface area contributed by atoms with Crippen molar-refractivity contribution in [2.24, 2.45) is 0 Å². The first-order chi connectivity index (χ1) is 9.63. The molecular formula is C15H16N2O3. The summed E-state index contributed by atoms with van der Waals surface area (Å²) in [5.74, 6) is 0. The van der Waals surface area contributed by atoms with Gasteiger partial charge in [-0.3, -0.25) is 10.1 Å². The largest absolute Gasteiger partial charge is 0.388 e. The van der Waals surface area contributed by atoms with Gasteiger partial charge < -0.3 is 9.67 Å². The summed E-state index contributed by atoms with van der Waals surface area (Å²) in [7, 11) is 0. The number of aliphatic hydroxyl groups excluding tert-OH is 1. The number of fused-ring (bicyclic) bond motifs is 1. The topological polar surface area (TPSA) is 68.3 Å². The van der Waals surface area contributed by atoms with Crippen molar-refractivity contribution in [3.63, 3.8) is 0 Å². The Balaban J connectivity index is 1.85. The highest BCUT2D eigenvalue weighted by Crippen LogP contribution is 2.30. The van der Waals surface area contributed by atoms with E-state index in [1.54, 1.807) is 12.1 Å². The van der Waals surface area contributed by atoms with Crippen molar-refractivity contribution in [1.82, 2.24) is 4.57 Å². The summed E-state index contributed by atoms with van der Waals surface area (Å²) in [4.78, 5) is 10.4. The summed E-state index contributed by atoms with van der Waals surface area (Å²) in [6.45, 7) is 0.585. The van der Waals surface area contributed by atoms with Crippen LogP contribution in [-0.2, 0) is 13.0 Å². The van der Waals surface area contributed by atoms with Crippen LogP contribution in [0, 0.1) is 10.1 Å². The number of nitro groups is 1. The van der Waals surface area contributed by atoms with E-state index in [9.17, 15) is 15.2 Å². The molecule has 1 aliphatic carbocycles. The van der Waals surface area contributed by atoms with Crippen molar-refractivity contribution in [3.8, 4) is 0 Å². The molecule has 1 atom stereocenters. The van der Waals surface area contributed by atoms with Gasteiger partial charge in [0.1, 0.15) is 0 Å². The van der Waals surface area contributed by atoms with E-state index in [1.165, 1.54) is 11.6 Å². The number of nitro benzene ring substituents is 1. The Labute approximate surface area is 116 Å². The third-order valence-corrected chi connectivity index (χ3v) is 3.77. The molecule has 1 aliphatic rings. The molecule has 0 saturated carbocycles. The molecule has 5 heteroatoms. The lowest BCUT2D eigenvalue weighted by Crippen LogP contribution is -2.05. The highest BCUT2D eigenvalue weighted by atomic mass is 16.6. The summed E-state index contributed by atoms with van der Waals surface area (Å²) in [6, 6.07) is 6.66. The van der Waals surface area contributed by atoms with Gasteiger partial charge in [-0.05, 0) is 30.4 Å². The van der Waals surface area contributed by atoms with E-state index < -0.39 is 0 Å². The van der Waals surface area contributed by atoms with Gasteiger partial charge >= 0.3 is 0 Å². The van der Waals surface area contributed by atoms with E-state index in [-0.39, 0.29) is 16.7 Å². The van der Waals surface area contributed by atoms with Crippen molar-refractivity contribution >= 4 is 5.69 Å². The highest BCUT2D eigenvalue weighted by molar-refractivity contribution is 5.35. The molecule has 0 spiro atoms. The zero-order valence-corrected chi connectivity index (χ0v) is 11.0. The highest BCUT2D eigenvalue weighted by Gasteiger charge is 2.19. The van der Waals surface area contributed by atoms with Gasteiger partial charge in [0.2, 0.25) is 0 Å². The van der Waals surface area contributed by atoms with Crippen LogP contribution < -0.4 is 0 Å². The van der Waals surface area contributed by atoms with Gasteiger partial charge in [0.15, 0.2) is 0 Å². The molecule has 0 radical (unpaired) electrons. The lowest BCUT2D eigenvalue weighted by Gasteiger charge is -2.16. The summed E-state index contributed by atoms with van der Waals surface area (Å²) in [6.07, 6.45) is 6.44. The van der Waals surface area contributed by atoms with E-state index in [4.69, 9.17) is 0 Å². The first-order valence-corrected chi connectivity index (χ1v) is 6.73. The van der Waals surface area contributed by atoms with Crippen LogP contribution >= 0.6 is 0 Å². The maximum absolute atomic E-state index is 10.8. The molecule has 1 N–H and O–H groups in total. The number of aryl methyl sites for hydroxylation is 1. The number of aliphatic hydroxyl groups is 1. The average Bonchev–Trinajstić information content (AvgIpc) is 2.83. The van der Waals surface area contributed by atoms with E-state index in [1.807, 2.05) is 23.0 Å². The number of rotatable bonds is 3. The average molecular weight is 272 g/mol. The maximum atomic E-state index is 10.8. The minimum absolute atomic E-state index is 0.111. The summed E-state index contributed by atoms with van der Waals surface area (Å²) < 4.78 is 2.00.